The molecule has 11 heteroatoms. The molecule has 1 saturated heterocycles. The van der Waals surface area contributed by atoms with Crippen molar-refractivity contribution >= 4 is 56.5 Å². The third-order valence-electron chi connectivity index (χ3n) is 8.23. The molecular weight excluding hydrogens is 650 g/mol. The summed E-state index contributed by atoms with van der Waals surface area (Å²) in [6.45, 7) is 4.22. The Bertz CT molecular complexity index is 2020. The Hall–Kier alpha value is -4.74. The summed E-state index contributed by atoms with van der Waals surface area (Å²) in [5.41, 5.74) is 1.87. The number of benzene rings is 4. The predicted molar refractivity (Wildman–Crippen MR) is 187 cm³/mol. The lowest BCUT2D eigenvalue weighted by atomic mass is 9.94. The molecule has 246 valence electrons. The van der Waals surface area contributed by atoms with Gasteiger partial charge in [-0.3, -0.25) is 14.5 Å². The molecule has 1 aromatic heterocycles. The highest BCUT2D eigenvalue weighted by Crippen LogP contribution is 2.46. The highest BCUT2D eigenvalue weighted by molar-refractivity contribution is 8.00. The third-order valence-corrected chi connectivity index (χ3v) is 10.3. The number of aliphatic hydroxyl groups is 1. The molecule has 1 aliphatic heterocycles. The second-order valence-electron chi connectivity index (χ2n) is 11.4. The fourth-order valence-corrected chi connectivity index (χ4v) is 7.54. The number of aryl methyl sites for hydroxylation is 1. The second-order valence-corrected chi connectivity index (χ2v) is 13.6. The van der Waals surface area contributed by atoms with E-state index in [0.717, 1.165) is 41.7 Å². The van der Waals surface area contributed by atoms with Crippen LogP contribution >= 0.6 is 23.1 Å². The van der Waals surface area contributed by atoms with Gasteiger partial charge in [0, 0.05) is 11.3 Å². The van der Waals surface area contributed by atoms with Gasteiger partial charge < -0.3 is 14.6 Å². The zero-order valence-electron chi connectivity index (χ0n) is 26.7. The maximum Gasteiger partial charge on any atom is 0.301 e. The first-order chi connectivity index (χ1) is 23.3. The first-order valence-corrected chi connectivity index (χ1v) is 17.4. The summed E-state index contributed by atoms with van der Waals surface area (Å²) in [5, 5.41) is 22.6. The number of ketones is 1. The SMILES string of the molecule is CCCCCOc1ccc(C2/C(=C(\O)c3ccc(C)c(F)c3)C(=O)C(=O)N2c2nnc(SCc3cccc4ccccc34)s2)cc1OC. The summed E-state index contributed by atoms with van der Waals surface area (Å²) in [5.74, 6) is -1.31. The van der Waals surface area contributed by atoms with Gasteiger partial charge in [-0.2, -0.15) is 0 Å². The summed E-state index contributed by atoms with van der Waals surface area (Å²) in [4.78, 5) is 28.7. The maximum atomic E-state index is 14.6. The van der Waals surface area contributed by atoms with Gasteiger partial charge in [-0.25, -0.2) is 4.39 Å². The minimum Gasteiger partial charge on any atom is -0.507 e. The third kappa shape index (κ3) is 6.65. The van der Waals surface area contributed by atoms with Gasteiger partial charge in [0.05, 0.1) is 25.3 Å². The Kier molecular flexibility index (Phi) is 10.1. The number of hydrogen-bond acceptors (Lipinski definition) is 9. The van der Waals surface area contributed by atoms with Crippen LogP contribution in [0.2, 0.25) is 0 Å². The Morgan fingerprint density at radius 3 is 2.60 bits per heavy atom. The number of anilines is 1. The van der Waals surface area contributed by atoms with Gasteiger partial charge in [-0.1, -0.05) is 104 Å². The molecule has 1 amide bonds. The van der Waals surface area contributed by atoms with Crippen LogP contribution < -0.4 is 14.4 Å². The van der Waals surface area contributed by atoms with Crippen LogP contribution in [0.4, 0.5) is 9.52 Å². The van der Waals surface area contributed by atoms with Crippen molar-refractivity contribution in [1.29, 1.82) is 0 Å². The molecule has 0 saturated carbocycles. The molecule has 6 rings (SSSR count). The molecule has 0 radical (unpaired) electrons. The number of halogens is 1. The van der Waals surface area contributed by atoms with Crippen LogP contribution in [0.25, 0.3) is 16.5 Å². The zero-order valence-corrected chi connectivity index (χ0v) is 28.4. The highest BCUT2D eigenvalue weighted by atomic mass is 32.2. The van der Waals surface area contributed by atoms with E-state index in [1.165, 1.54) is 47.2 Å². The van der Waals surface area contributed by atoms with Crippen LogP contribution in [0, 0.1) is 12.7 Å². The van der Waals surface area contributed by atoms with E-state index in [0.29, 0.717) is 39.3 Å². The van der Waals surface area contributed by atoms with E-state index in [-0.39, 0.29) is 16.3 Å². The number of rotatable bonds is 12. The Balaban J connectivity index is 1.38. The molecule has 1 fully saturated rings. The second kappa shape index (κ2) is 14.6. The lowest BCUT2D eigenvalue weighted by molar-refractivity contribution is -0.132. The minimum absolute atomic E-state index is 0.0764. The number of carbonyl (C=O) groups is 2. The molecule has 2 heterocycles. The van der Waals surface area contributed by atoms with E-state index < -0.39 is 29.3 Å². The Morgan fingerprint density at radius 1 is 1.00 bits per heavy atom. The van der Waals surface area contributed by atoms with E-state index in [1.807, 2.05) is 18.2 Å². The number of methoxy groups -OCH3 is 1. The van der Waals surface area contributed by atoms with Gasteiger partial charge in [0.2, 0.25) is 5.13 Å². The van der Waals surface area contributed by atoms with Crippen molar-refractivity contribution in [2.45, 2.75) is 49.2 Å². The van der Waals surface area contributed by atoms with Crippen molar-refractivity contribution in [3.05, 3.63) is 113 Å². The van der Waals surface area contributed by atoms with Gasteiger partial charge in [0.25, 0.3) is 5.78 Å². The molecule has 4 aromatic carbocycles. The van der Waals surface area contributed by atoms with Crippen LogP contribution in [0.1, 0.15) is 54.5 Å². The normalized spacial score (nSPS) is 15.8. The average molecular weight is 684 g/mol. The van der Waals surface area contributed by atoms with Gasteiger partial charge in [-0.05, 0) is 59.0 Å². The molecule has 5 aromatic rings. The van der Waals surface area contributed by atoms with Crippen molar-refractivity contribution in [1.82, 2.24) is 10.2 Å². The topological polar surface area (TPSA) is 102 Å². The number of unbranched alkanes of at least 4 members (excludes halogenated alkanes) is 2. The Morgan fingerprint density at radius 2 is 1.81 bits per heavy atom. The van der Waals surface area contributed by atoms with Gasteiger partial charge in [-0.15, -0.1) is 10.2 Å². The predicted octanol–water partition coefficient (Wildman–Crippen LogP) is 8.64. The number of carbonyl (C=O) groups excluding carboxylic acids is 2. The molecule has 0 aliphatic carbocycles. The fraction of sp³-hybridized carbons (Fsp3) is 0.243. The van der Waals surface area contributed by atoms with Crippen molar-refractivity contribution in [3.63, 3.8) is 0 Å². The molecule has 8 nitrogen and oxygen atoms in total. The van der Waals surface area contributed by atoms with E-state index in [2.05, 4.69) is 41.4 Å². The quantitative estimate of drug-likeness (QED) is 0.0348. The van der Waals surface area contributed by atoms with Crippen molar-refractivity contribution < 1.29 is 28.6 Å². The van der Waals surface area contributed by atoms with E-state index in [4.69, 9.17) is 9.47 Å². The molecule has 0 spiro atoms. The van der Waals surface area contributed by atoms with E-state index in [1.54, 1.807) is 25.1 Å². The number of nitrogens with zero attached hydrogens (tertiary/aromatic N) is 3. The number of amides is 1. The number of Topliss-reactive ketones (excluding diaryl/α,β-unsaturated/α-hetero) is 1. The van der Waals surface area contributed by atoms with Crippen molar-refractivity contribution in [2.75, 3.05) is 18.6 Å². The lowest BCUT2D eigenvalue weighted by Crippen LogP contribution is -2.29. The standard InChI is InChI=1S/C37H34FN3O5S2/c1-4-5-8-18-46-29-17-16-24(20-30(29)45-3)32-31(33(42)25-15-14-22(2)28(38)19-25)34(43)35(44)41(32)36-39-40-37(48-36)47-21-26-12-9-11-23-10-6-7-13-27(23)26/h6-7,9-17,19-20,32,42H,4-5,8,18,21H2,1-3H3/b33-31+. The largest absolute Gasteiger partial charge is 0.507 e. The molecule has 1 unspecified atom stereocenters. The first kappa shape index (κ1) is 33.2. The van der Waals surface area contributed by atoms with Crippen LogP contribution in [-0.4, -0.2) is 40.7 Å². The number of hydrogen-bond donors (Lipinski definition) is 1. The van der Waals surface area contributed by atoms with Crippen LogP contribution in [0.5, 0.6) is 11.5 Å². The monoisotopic (exact) mass is 683 g/mol. The van der Waals surface area contributed by atoms with Crippen LogP contribution in [-0.2, 0) is 15.3 Å². The summed E-state index contributed by atoms with van der Waals surface area (Å²) >= 11 is 2.65. The number of aliphatic hydroxyl groups excluding tert-OH is 1. The number of aromatic nitrogens is 2. The summed E-state index contributed by atoms with van der Waals surface area (Å²) in [6, 6.07) is 22.5. The van der Waals surface area contributed by atoms with E-state index in [9.17, 15) is 19.1 Å². The molecular formula is C37H34FN3O5S2. The Labute approximate surface area is 286 Å². The van der Waals surface area contributed by atoms with Gasteiger partial charge >= 0.3 is 5.91 Å². The highest BCUT2D eigenvalue weighted by Gasteiger charge is 2.48. The lowest BCUT2D eigenvalue weighted by Gasteiger charge is -2.23. The molecule has 1 N–H and O–H groups in total. The summed E-state index contributed by atoms with van der Waals surface area (Å²) < 4.78 is 26.8. The maximum absolute atomic E-state index is 14.6. The van der Waals surface area contributed by atoms with Gasteiger partial charge in [0.15, 0.2) is 15.8 Å². The number of fused-ring (bicyclic) bond motifs is 1. The van der Waals surface area contributed by atoms with Crippen molar-refractivity contribution in [3.8, 4) is 11.5 Å². The molecule has 1 atom stereocenters. The van der Waals surface area contributed by atoms with Crippen molar-refractivity contribution in [2.24, 2.45) is 0 Å². The first-order valence-electron chi connectivity index (χ1n) is 15.6. The fourth-order valence-electron chi connectivity index (χ4n) is 5.66. The molecule has 1 aliphatic rings. The van der Waals surface area contributed by atoms with Gasteiger partial charge in [0.1, 0.15) is 11.6 Å². The zero-order chi connectivity index (χ0) is 33.8. The van der Waals surface area contributed by atoms with E-state index >= 15 is 0 Å². The minimum atomic E-state index is -1.10. The summed E-state index contributed by atoms with van der Waals surface area (Å²) in [7, 11) is 1.51. The van der Waals surface area contributed by atoms with Crippen LogP contribution in [0.3, 0.4) is 0 Å². The molecule has 48 heavy (non-hydrogen) atoms. The number of thioether (sulfide) groups is 1. The van der Waals surface area contributed by atoms with Crippen LogP contribution in [0.15, 0.2) is 88.8 Å². The molecule has 0 bridgehead atoms. The average Bonchev–Trinajstić information content (AvgIpc) is 3.68. The summed E-state index contributed by atoms with van der Waals surface area (Å²) in [6.07, 6.45) is 2.96. The smallest absolute Gasteiger partial charge is 0.301 e. The number of ether oxygens (including phenoxy) is 2.